The van der Waals surface area contributed by atoms with E-state index in [1.165, 1.54) is 0 Å². The van der Waals surface area contributed by atoms with Crippen molar-refractivity contribution in [1.29, 1.82) is 0 Å². The molecule has 5 heteroatoms. The summed E-state index contributed by atoms with van der Waals surface area (Å²) in [5, 5.41) is 15.0. The summed E-state index contributed by atoms with van der Waals surface area (Å²) < 4.78 is 5.41. The van der Waals surface area contributed by atoms with Crippen LogP contribution >= 0.6 is 0 Å². The van der Waals surface area contributed by atoms with E-state index in [1.807, 2.05) is 31.2 Å². The molecule has 0 heterocycles. The summed E-state index contributed by atoms with van der Waals surface area (Å²) in [4.78, 5) is 12.2. The minimum absolute atomic E-state index is 0.0707. The van der Waals surface area contributed by atoms with Crippen molar-refractivity contribution in [2.75, 3.05) is 13.7 Å². The Morgan fingerprint density at radius 3 is 2.41 bits per heavy atom. The van der Waals surface area contributed by atoms with Gasteiger partial charge in [-0.1, -0.05) is 45.9 Å². The molecular weight excluding hydrogens is 280 g/mol. The first kappa shape index (κ1) is 18.3. The van der Waals surface area contributed by atoms with Gasteiger partial charge in [-0.05, 0) is 17.9 Å². The van der Waals surface area contributed by atoms with Crippen LogP contribution in [0.4, 0.5) is 4.79 Å². The van der Waals surface area contributed by atoms with Gasteiger partial charge in [0.1, 0.15) is 5.75 Å². The number of para-hydroxylation sites is 1. The predicted octanol–water partition coefficient (Wildman–Crippen LogP) is 2.85. The van der Waals surface area contributed by atoms with Crippen LogP contribution in [0.15, 0.2) is 24.3 Å². The van der Waals surface area contributed by atoms with Gasteiger partial charge >= 0.3 is 6.03 Å². The van der Waals surface area contributed by atoms with E-state index in [1.54, 1.807) is 7.11 Å². The second kappa shape index (κ2) is 8.03. The SMILES string of the molecule is CCC(CO)NC(=O)NC(c1ccccc1OC)C(C)(C)C. The van der Waals surface area contributed by atoms with Gasteiger partial charge in [-0.2, -0.15) is 0 Å². The van der Waals surface area contributed by atoms with Gasteiger partial charge in [0.15, 0.2) is 0 Å². The molecule has 124 valence electrons. The number of amides is 2. The van der Waals surface area contributed by atoms with Crippen molar-refractivity contribution < 1.29 is 14.6 Å². The molecule has 0 spiro atoms. The lowest BCUT2D eigenvalue weighted by atomic mass is 9.82. The number of carbonyl (C=O) groups excluding carboxylic acids is 1. The van der Waals surface area contributed by atoms with E-state index in [0.29, 0.717) is 6.42 Å². The summed E-state index contributed by atoms with van der Waals surface area (Å²) in [5.74, 6) is 0.747. The number of rotatable bonds is 6. The number of hydrogen-bond acceptors (Lipinski definition) is 3. The zero-order valence-electron chi connectivity index (χ0n) is 14.1. The molecule has 0 aromatic heterocycles. The highest BCUT2D eigenvalue weighted by Crippen LogP contribution is 2.37. The molecule has 0 aliphatic carbocycles. The number of nitrogens with one attached hydrogen (secondary N) is 2. The maximum Gasteiger partial charge on any atom is 0.315 e. The lowest BCUT2D eigenvalue weighted by Gasteiger charge is -2.33. The van der Waals surface area contributed by atoms with Gasteiger partial charge in [0.2, 0.25) is 0 Å². The van der Waals surface area contributed by atoms with Crippen LogP contribution in [-0.2, 0) is 0 Å². The molecule has 1 aromatic carbocycles. The van der Waals surface area contributed by atoms with Crippen LogP contribution < -0.4 is 15.4 Å². The fourth-order valence-electron chi connectivity index (χ4n) is 2.30. The Labute approximate surface area is 133 Å². The van der Waals surface area contributed by atoms with E-state index >= 15 is 0 Å². The first-order valence-electron chi connectivity index (χ1n) is 7.64. The van der Waals surface area contributed by atoms with E-state index in [4.69, 9.17) is 4.74 Å². The van der Waals surface area contributed by atoms with Gasteiger partial charge in [0.05, 0.1) is 25.8 Å². The number of hydrogen-bond donors (Lipinski definition) is 3. The monoisotopic (exact) mass is 308 g/mol. The molecule has 5 nitrogen and oxygen atoms in total. The molecule has 3 N–H and O–H groups in total. The second-order valence-electron chi connectivity index (χ2n) is 6.45. The number of carbonyl (C=O) groups is 1. The van der Waals surface area contributed by atoms with E-state index in [0.717, 1.165) is 11.3 Å². The highest BCUT2D eigenvalue weighted by molar-refractivity contribution is 5.75. The zero-order valence-corrected chi connectivity index (χ0v) is 14.1. The van der Waals surface area contributed by atoms with E-state index in [2.05, 4.69) is 31.4 Å². The van der Waals surface area contributed by atoms with Crippen LogP contribution in [0, 0.1) is 5.41 Å². The predicted molar refractivity (Wildman–Crippen MR) is 88.0 cm³/mol. The Morgan fingerprint density at radius 2 is 1.91 bits per heavy atom. The number of aliphatic hydroxyl groups is 1. The minimum Gasteiger partial charge on any atom is -0.496 e. The van der Waals surface area contributed by atoms with Gasteiger partial charge in [-0.3, -0.25) is 0 Å². The van der Waals surface area contributed by atoms with Crippen LogP contribution in [0.1, 0.15) is 45.7 Å². The van der Waals surface area contributed by atoms with E-state index in [-0.39, 0.29) is 30.1 Å². The maximum atomic E-state index is 12.2. The first-order chi connectivity index (χ1) is 10.3. The normalized spacial score (nSPS) is 14.1. The average Bonchev–Trinajstić information content (AvgIpc) is 2.49. The van der Waals surface area contributed by atoms with Crippen molar-refractivity contribution in [3.63, 3.8) is 0 Å². The Kier molecular flexibility index (Phi) is 6.68. The van der Waals surface area contributed by atoms with Crippen LogP contribution in [0.3, 0.4) is 0 Å². The van der Waals surface area contributed by atoms with Crippen LogP contribution in [0.25, 0.3) is 0 Å². The molecule has 22 heavy (non-hydrogen) atoms. The molecule has 0 saturated heterocycles. The summed E-state index contributed by atoms with van der Waals surface area (Å²) in [6, 6.07) is 6.94. The molecule has 2 unspecified atom stereocenters. The third-order valence-electron chi connectivity index (χ3n) is 3.64. The molecule has 0 bridgehead atoms. The third-order valence-corrected chi connectivity index (χ3v) is 3.64. The van der Waals surface area contributed by atoms with Crippen LogP contribution in [0.2, 0.25) is 0 Å². The molecule has 2 atom stereocenters. The molecule has 1 aromatic rings. The molecule has 0 fully saturated rings. The fourth-order valence-corrected chi connectivity index (χ4v) is 2.30. The Morgan fingerprint density at radius 1 is 1.27 bits per heavy atom. The number of urea groups is 1. The molecule has 1 rings (SSSR count). The smallest absolute Gasteiger partial charge is 0.315 e. The van der Waals surface area contributed by atoms with Crippen molar-refractivity contribution in [1.82, 2.24) is 10.6 Å². The first-order valence-corrected chi connectivity index (χ1v) is 7.64. The third kappa shape index (κ3) is 4.91. The summed E-state index contributed by atoms with van der Waals surface area (Å²) in [5.41, 5.74) is 0.747. The topological polar surface area (TPSA) is 70.6 Å². The molecule has 0 saturated carbocycles. The molecule has 2 amide bonds. The molecule has 0 radical (unpaired) electrons. The van der Waals surface area contributed by atoms with Gasteiger partial charge < -0.3 is 20.5 Å². The Bertz CT molecular complexity index is 479. The summed E-state index contributed by atoms with van der Waals surface area (Å²) in [7, 11) is 1.62. The maximum absolute atomic E-state index is 12.2. The summed E-state index contributed by atoms with van der Waals surface area (Å²) in [6.07, 6.45) is 0.679. The van der Waals surface area contributed by atoms with Gasteiger partial charge in [-0.15, -0.1) is 0 Å². The van der Waals surface area contributed by atoms with Crippen molar-refractivity contribution in [3.8, 4) is 5.75 Å². The van der Waals surface area contributed by atoms with E-state index < -0.39 is 0 Å². The Hall–Kier alpha value is -1.75. The number of aliphatic hydroxyl groups excluding tert-OH is 1. The average molecular weight is 308 g/mol. The Balaban J connectivity index is 2.98. The lowest BCUT2D eigenvalue weighted by molar-refractivity contribution is 0.199. The standard InChI is InChI=1S/C17H28N2O3/c1-6-12(11-20)18-16(21)19-15(17(2,3)4)13-9-7-8-10-14(13)22-5/h7-10,12,15,20H,6,11H2,1-5H3,(H2,18,19,21). The van der Waals surface area contributed by atoms with Crippen molar-refractivity contribution in [2.24, 2.45) is 5.41 Å². The van der Waals surface area contributed by atoms with Gasteiger partial charge in [-0.25, -0.2) is 4.79 Å². The van der Waals surface area contributed by atoms with Crippen molar-refractivity contribution in [3.05, 3.63) is 29.8 Å². The van der Waals surface area contributed by atoms with Crippen LogP contribution in [0.5, 0.6) is 5.75 Å². The quantitative estimate of drug-likeness (QED) is 0.757. The lowest BCUT2D eigenvalue weighted by Crippen LogP contribution is -2.47. The zero-order chi connectivity index (χ0) is 16.8. The van der Waals surface area contributed by atoms with E-state index in [9.17, 15) is 9.90 Å². The van der Waals surface area contributed by atoms with Crippen molar-refractivity contribution >= 4 is 6.03 Å². The van der Waals surface area contributed by atoms with Crippen LogP contribution in [-0.4, -0.2) is 30.9 Å². The molecular formula is C17H28N2O3. The summed E-state index contributed by atoms with van der Waals surface area (Å²) in [6.45, 7) is 8.04. The molecule has 0 aliphatic heterocycles. The number of methoxy groups -OCH3 is 1. The largest absolute Gasteiger partial charge is 0.496 e. The van der Waals surface area contributed by atoms with Gasteiger partial charge in [0, 0.05) is 5.56 Å². The molecule has 0 aliphatic rings. The van der Waals surface area contributed by atoms with Gasteiger partial charge in [0.25, 0.3) is 0 Å². The van der Waals surface area contributed by atoms with Crippen molar-refractivity contribution in [2.45, 2.75) is 46.2 Å². The minimum atomic E-state index is -0.285. The number of ether oxygens (including phenoxy) is 1. The second-order valence-corrected chi connectivity index (χ2v) is 6.45. The summed E-state index contributed by atoms with van der Waals surface area (Å²) >= 11 is 0. The number of benzene rings is 1. The fraction of sp³-hybridized carbons (Fsp3) is 0.588. The highest BCUT2D eigenvalue weighted by atomic mass is 16.5. The highest BCUT2D eigenvalue weighted by Gasteiger charge is 2.30.